The number of ether oxygens (including phenoxy) is 2. The van der Waals surface area contributed by atoms with Gasteiger partial charge in [-0.2, -0.15) is 4.98 Å². The van der Waals surface area contributed by atoms with Crippen LogP contribution in [0, 0.1) is 6.92 Å². The SMILES string of the molecule is CCOCCOc1nc2c(c(=O)n(CCCO)c(=O)n2C)n1Cc1ccc(C)cc1. The van der Waals surface area contributed by atoms with E-state index in [1.54, 1.807) is 11.6 Å². The van der Waals surface area contributed by atoms with Gasteiger partial charge in [0.1, 0.15) is 6.61 Å². The van der Waals surface area contributed by atoms with E-state index >= 15 is 0 Å². The number of fused-ring (bicyclic) bond motifs is 1. The smallest absolute Gasteiger partial charge is 0.332 e. The molecule has 2 aromatic heterocycles. The second-order valence-corrected chi connectivity index (χ2v) is 7.06. The van der Waals surface area contributed by atoms with Crippen molar-refractivity contribution >= 4 is 11.2 Å². The average molecular weight is 416 g/mol. The highest BCUT2D eigenvalue weighted by molar-refractivity contribution is 5.72. The Morgan fingerprint density at radius 2 is 1.83 bits per heavy atom. The minimum absolute atomic E-state index is 0.109. The third kappa shape index (κ3) is 4.47. The van der Waals surface area contributed by atoms with Crippen molar-refractivity contribution in [2.24, 2.45) is 7.05 Å². The number of aliphatic hydroxyl groups excluding tert-OH is 1. The predicted octanol–water partition coefficient (Wildman–Crippen LogP) is 1.05. The fourth-order valence-corrected chi connectivity index (χ4v) is 3.25. The molecule has 0 saturated carbocycles. The number of rotatable bonds is 10. The van der Waals surface area contributed by atoms with Crippen LogP contribution in [0.1, 0.15) is 24.5 Å². The van der Waals surface area contributed by atoms with Gasteiger partial charge in [0.25, 0.3) is 11.6 Å². The van der Waals surface area contributed by atoms with Crippen molar-refractivity contribution in [2.75, 3.05) is 26.4 Å². The number of aromatic nitrogens is 4. The average Bonchev–Trinajstić information content (AvgIpc) is 3.10. The molecular weight excluding hydrogens is 388 g/mol. The number of hydrogen-bond acceptors (Lipinski definition) is 6. The van der Waals surface area contributed by atoms with E-state index in [0.717, 1.165) is 15.7 Å². The Morgan fingerprint density at radius 3 is 2.50 bits per heavy atom. The summed E-state index contributed by atoms with van der Waals surface area (Å²) in [6.45, 7) is 5.55. The van der Waals surface area contributed by atoms with Gasteiger partial charge in [-0.3, -0.25) is 18.5 Å². The van der Waals surface area contributed by atoms with E-state index in [0.29, 0.717) is 31.7 Å². The molecule has 0 bridgehead atoms. The van der Waals surface area contributed by atoms with Crippen LogP contribution in [0.3, 0.4) is 0 Å². The first-order valence-corrected chi connectivity index (χ1v) is 10.0. The van der Waals surface area contributed by atoms with Gasteiger partial charge in [0.05, 0.1) is 13.2 Å². The lowest BCUT2D eigenvalue weighted by Crippen LogP contribution is -2.39. The summed E-state index contributed by atoms with van der Waals surface area (Å²) in [5, 5.41) is 9.14. The Morgan fingerprint density at radius 1 is 1.10 bits per heavy atom. The van der Waals surface area contributed by atoms with Crippen LogP contribution in [0.15, 0.2) is 33.9 Å². The van der Waals surface area contributed by atoms with Crippen LogP contribution in [0.2, 0.25) is 0 Å². The van der Waals surface area contributed by atoms with Gasteiger partial charge in [-0.25, -0.2) is 4.79 Å². The Bertz CT molecular complexity index is 1110. The standard InChI is InChI=1S/C21H28N4O5/c1-4-29-12-13-30-20-22-18-17(25(20)14-16-8-6-15(2)7-9-16)19(27)24(10-5-11-26)21(28)23(18)3/h6-9,26H,4-5,10-14H2,1-3H3. The van der Waals surface area contributed by atoms with Crippen LogP contribution >= 0.6 is 0 Å². The molecule has 30 heavy (non-hydrogen) atoms. The van der Waals surface area contributed by atoms with E-state index in [9.17, 15) is 9.59 Å². The van der Waals surface area contributed by atoms with Crippen molar-refractivity contribution in [3.05, 3.63) is 56.2 Å². The number of benzene rings is 1. The van der Waals surface area contributed by atoms with Gasteiger partial charge in [-0.1, -0.05) is 29.8 Å². The third-order valence-electron chi connectivity index (χ3n) is 4.86. The van der Waals surface area contributed by atoms with Crippen LogP contribution in [0.5, 0.6) is 6.01 Å². The van der Waals surface area contributed by atoms with E-state index in [4.69, 9.17) is 14.6 Å². The molecule has 0 aliphatic heterocycles. The molecule has 162 valence electrons. The molecule has 0 amide bonds. The zero-order valence-corrected chi connectivity index (χ0v) is 17.6. The van der Waals surface area contributed by atoms with Crippen molar-refractivity contribution in [2.45, 2.75) is 33.4 Å². The zero-order valence-electron chi connectivity index (χ0n) is 17.6. The molecule has 1 N–H and O–H groups in total. The van der Waals surface area contributed by atoms with Crippen LogP contribution in [0.4, 0.5) is 0 Å². The minimum Gasteiger partial charge on any atom is -0.462 e. The number of aryl methyl sites for hydroxylation is 2. The number of hydrogen-bond donors (Lipinski definition) is 1. The quantitative estimate of drug-likeness (QED) is 0.496. The molecule has 0 atom stereocenters. The molecular formula is C21H28N4O5. The van der Waals surface area contributed by atoms with Gasteiger partial charge in [0.2, 0.25) is 0 Å². The van der Waals surface area contributed by atoms with Crippen LogP contribution in [-0.4, -0.2) is 50.2 Å². The number of aliphatic hydroxyl groups is 1. The number of imidazole rings is 1. The van der Waals surface area contributed by atoms with Gasteiger partial charge in [0, 0.05) is 26.8 Å². The van der Waals surface area contributed by atoms with Crippen molar-refractivity contribution in [1.29, 1.82) is 0 Å². The first-order chi connectivity index (χ1) is 14.5. The van der Waals surface area contributed by atoms with Crippen molar-refractivity contribution in [3.8, 4) is 6.01 Å². The number of nitrogens with zero attached hydrogens (tertiary/aromatic N) is 4. The van der Waals surface area contributed by atoms with Gasteiger partial charge < -0.3 is 14.6 Å². The molecule has 0 fully saturated rings. The van der Waals surface area contributed by atoms with E-state index in [1.165, 1.54) is 4.57 Å². The highest BCUT2D eigenvalue weighted by Crippen LogP contribution is 2.20. The normalized spacial score (nSPS) is 11.3. The first-order valence-electron chi connectivity index (χ1n) is 10.0. The summed E-state index contributed by atoms with van der Waals surface area (Å²) in [6.07, 6.45) is 0.310. The van der Waals surface area contributed by atoms with Crippen molar-refractivity contribution in [1.82, 2.24) is 18.7 Å². The molecule has 0 aliphatic carbocycles. The maximum atomic E-state index is 13.2. The zero-order chi connectivity index (χ0) is 21.7. The molecule has 0 radical (unpaired) electrons. The minimum atomic E-state index is -0.471. The lowest BCUT2D eigenvalue weighted by atomic mass is 10.1. The van der Waals surface area contributed by atoms with Crippen molar-refractivity contribution in [3.63, 3.8) is 0 Å². The van der Waals surface area contributed by atoms with Gasteiger partial charge >= 0.3 is 5.69 Å². The predicted molar refractivity (Wildman–Crippen MR) is 113 cm³/mol. The maximum Gasteiger partial charge on any atom is 0.332 e. The Hall–Kier alpha value is -2.91. The highest BCUT2D eigenvalue weighted by Gasteiger charge is 2.21. The van der Waals surface area contributed by atoms with Crippen LogP contribution in [0.25, 0.3) is 11.2 Å². The molecule has 3 rings (SSSR count). The largest absolute Gasteiger partial charge is 0.462 e. The van der Waals surface area contributed by atoms with Crippen LogP contribution < -0.4 is 16.0 Å². The third-order valence-corrected chi connectivity index (χ3v) is 4.86. The molecule has 3 aromatic rings. The van der Waals surface area contributed by atoms with E-state index in [1.807, 2.05) is 38.1 Å². The van der Waals surface area contributed by atoms with Gasteiger partial charge in [-0.05, 0) is 25.8 Å². The summed E-state index contributed by atoms with van der Waals surface area (Å²) in [5.74, 6) is 0. The molecule has 2 heterocycles. The van der Waals surface area contributed by atoms with Gasteiger partial charge in [0.15, 0.2) is 11.2 Å². The maximum absolute atomic E-state index is 13.2. The van der Waals surface area contributed by atoms with Crippen LogP contribution in [-0.2, 0) is 24.9 Å². The Kier molecular flexibility index (Phi) is 7.07. The summed E-state index contributed by atoms with van der Waals surface area (Å²) in [6, 6.07) is 8.23. The second kappa shape index (κ2) is 9.73. The summed E-state index contributed by atoms with van der Waals surface area (Å²) >= 11 is 0. The van der Waals surface area contributed by atoms with E-state index in [2.05, 4.69) is 4.98 Å². The molecule has 9 nitrogen and oxygen atoms in total. The summed E-state index contributed by atoms with van der Waals surface area (Å²) in [4.78, 5) is 30.3. The fourth-order valence-electron chi connectivity index (χ4n) is 3.25. The monoisotopic (exact) mass is 416 g/mol. The first kappa shape index (κ1) is 21.8. The summed E-state index contributed by atoms with van der Waals surface area (Å²) < 4.78 is 15.3. The summed E-state index contributed by atoms with van der Waals surface area (Å²) in [7, 11) is 1.58. The summed E-state index contributed by atoms with van der Waals surface area (Å²) in [5.41, 5.74) is 1.76. The van der Waals surface area contributed by atoms with E-state index in [-0.39, 0.29) is 31.4 Å². The van der Waals surface area contributed by atoms with Crippen molar-refractivity contribution < 1.29 is 14.6 Å². The lowest BCUT2D eigenvalue weighted by molar-refractivity contribution is 0.105. The molecule has 1 aromatic carbocycles. The lowest BCUT2D eigenvalue weighted by Gasteiger charge is -2.11. The highest BCUT2D eigenvalue weighted by atomic mass is 16.5. The Labute approximate surface area is 174 Å². The van der Waals surface area contributed by atoms with Gasteiger partial charge in [-0.15, -0.1) is 0 Å². The second-order valence-electron chi connectivity index (χ2n) is 7.06. The molecule has 0 aliphatic rings. The molecule has 0 unspecified atom stereocenters. The van der Waals surface area contributed by atoms with E-state index < -0.39 is 11.2 Å². The molecule has 0 saturated heterocycles. The topological polar surface area (TPSA) is 101 Å². The molecule has 0 spiro atoms. The Balaban J connectivity index is 2.14. The molecule has 9 heteroatoms. The fraction of sp³-hybridized carbons (Fsp3) is 0.476.